The molecule has 2 N–H and O–H groups in total. The van der Waals surface area contributed by atoms with Crippen LogP contribution in [0.5, 0.6) is 0 Å². The number of rotatable bonds is 3. The summed E-state index contributed by atoms with van der Waals surface area (Å²) in [5.41, 5.74) is 1.98. The molecule has 2 aromatic rings. The SMILES string of the molecule is CCc1ccc(C2c3c(nc(N4C(C)CCCC4C)[nH]c3=O)NC(=O)C2C#N)cc1. The zero-order chi connectivity index (χ0) is 21.4. The molecule has 0 aliphatic carbocycles. The van der Waals surface area contributed by atoms with E-state index in [2.05, 4.69) is 47.0 Å². The summed E-state index contributed by atoms with van der Waals surface area (Å²) in [4.78, 5) is 35.7. The van der Waals surface area contributed by atoms with E-state index in [1.807, 2.05) is 24.3 Å². The van der Waals surface area contributed by atoms with Gasteiger partial charge < -0.3 is 10.2 Å². The number of benzene rings is 1. The average Bonchev–Trinajstić information content (AvgIpc) is 2.72. The van der Waals surface area contributed by atoms with E-state index in [0.29, 0.717) is 11.5 Å². The second-order valence-electron chi connectivity index (χ2n) is 8.36. The lowest BCUT2D eigenvalue weighted by Crippen LogP contribution is -2.46. The molecule has 156 valence electrons. The molecule has 1 amide bonds. The normalized spacial score (nSPS) is 25.9. The molecule has 1 saturated heterocycles. The predicted octanol–water partition coefficient (Wildman–Crippen LogP) is 3.32. The Morgan fingerprint density at radius 3 is 2.43 bits per heavy atom. The van der Waals surface area contributed by atoms with Crippen molar-refractivity contribution in [3.63, 3.8) is 0 Å². The van der Waals surface area contributed by atoms with Gasteiger partial charge in [-0.05, 0) is 50.7 Å². The van der Waals surface area contributed by atoms with Crippen molar-refractivity contribution >= 4 is 17.7 Å². The maximum atomic E-state index is 13.2. The average molecular weight is 406 g/mol. The van der Waals surface area contributed by atoms with E-state index in [1.54, 1.807) is 0 Å². The molecule has 2 aliphatic heterocycles. The molecule has 3 heterocycles. The Morgan fingerprint density at radius 2 is 1.83 bits per heavy atom. The second-order valence-corrected chi connectivity index (χ2v) is 8.36. The second kappa shape index (κ2) is 7.94. The van der Waals surface area contributed by atoms with Gasteiger partial charge in [-0.2, -0.15) is 10.2 Å². The molecule has 1 aromatic heterocycles. The van der Waals surface area contributed by atoms with Crippen LogP contribution in [-0.4, -0.2) is 28.0 Å². The van der Waals surface area contributed by atoms with Gasteiger partial charge in [-0.25, -0.2) is 0 Å². The number of nitriles is 1. The number of nitrogens with zero attached hydrogens (tertiary/aromatic N) is 3. The van der Waals surface area contributed by atoms with Crippen LogP contribution in [0.4, 0.5) is 11.8 Å². The molecule has 2 aliphatic rings. The number of piperidine rings is 1. The highest BCUT2D eigenvalue weighted by Gasteiger charge is 2.40. The summed E-state index contributed by atoms with van der Waals surface area (Å²) in [6, 6.07) is 10.3. The Bertz CT molecular complexity index is 1040. The molecule has 7 heteroatoms. The third kappa shape index (κ3) is 3.36. The van der Waals surface area contributed by atoms with Crippen LogP contribution >= 0.6 is 0 Å². The summed E-state index contributed by atoms with van der Waals surface area (Å²) in [6.45, 7) is 6.31. The van der Waals surface area contributed by atoms with Crippen LogP contribution in [0.2, 0.25) is 0 Å². The maximum Gasteiger partial charge on any atom is 0.258 e. The lowest BCUT2D eigenvalue weighted by Gasteiger charge is -2.40. The Labute approximate surface area is 176 Å². The van der Waals surface area contributed by atoms with Gasteiger partial charge in [0.15, 0.2) is 0 Å². The number of H-pyrrole nitrogens is 1. The minimum absolute atomic E-state index is 0.249. The lowest BCUT2D eigenvalue weighted by molar-refractivity contribution is -0.119. The number of aryl methyl sites for hydroxylation is 1. The van der Waals surface area contributed by atoms with Gasteiger partial charge in [0.25, 0.3) is 5.56 Å². The summed E-state index contributed by atoms with van der Waals surface area (Å²) >= 11 is 0. The monoisotopic (exact) mass is 405 g/mol. The van der Waals surface area contributed by atoms with Crippen molar-refractivity contribution in [2.45, 2.75) is 64.5 Å². The first kappa shape index (κ1) is 20.1. The number of carbonyl (C=O) groups is 1. The van der Waals surface area contributed by atoms with Crippen molar-refractivity contribution in [2.75, 3.05) is 10.2 Å². The zero-order valence-corrected chi connectivity index (χ0v) is 17.6. The quantitative estimate of drug-likeness (QED) is 0.816. The first-order valence-electron chi connectivity index (χ1n) is 10.7. The maximum absolute atomic E-state index is 13.2. The number of aromatic amines is 1. The van der Waals surface area contributed by atoms with Gasteiger partial charge in [-0.1, -0.05) is 31.2 Å². The van der Waals surface area contributed by atoms with Crippen molar-refractivity contribution in [1.29, 1.82) is 5.26 Å². The number of nitrogens with one attached hydrogen (secondary N) is 2. The van der Waals surface area contributed by atoms with Gasteiger partial charge in [-0.3, -0.25) is 14.6 Å². The molecule has 4 atom stereocenters. The number of anilines is 2. The third-order valence-corrected chi connectivity index (χ3v) is 6.44. The first-order chi connectivity index (χ1) is 14.4. The van der Waals surface area contributed by atoms with Crippen molar-refractivity contribution < 1.29 is 4.79 Å². The molecule has 0 radical (unpaired) electrons. The Morgan fingerprint density at radius 1 is 1.17 bits per heavy atom. The molecular weight excluding hydrogens is 378 g/mol. The highest BCUT2D eigenvalue weighted by molar-refractivity contribution is 5.98. The highest BCUT2D eigenvalue weighted by atomic mass is 16.2. The van der Waals surface area contributed by atoms with Crippen LogP contribution in [0.3, 0.4) is 0 Å². The van der Waals surface area contributed by atoms with Gasteiger partial charge in [0.05, 0.1) is 11.6 Å². The molecule has 0 bridgehead atoms. The molecule has 0 saturated carbocycles. The molecule has 30 heavy (non-hydrogen) atoms. The van der Waals surface area contributed by atoms with Gasteiger partial charge in [0.1, 0.15) is 11.7 Å². The third-order valence-electron chi connectivity index (χ3n) is 6.44. The number of amides is 1. The Hall–Kier alpha value is -3.14. The van der Waals surface area contributed by atoms with E-state index in [1.165, 1.54) is 0 Å². The molecule has 4 unspecified atom stereocenters. The summed E-state index contributed by atoms with van der Waals surface area (Å²) in [5, 5.41) is 12.4. The topological polar surface area (TPSA) is 102 Å². The smallest absolute Gasteiger partial charge is 0.258 e. The van der Waals surface area contributed by atoms with Gasteiger partial charge in [-0.15, -0.1) is 0 Å². The van der Waals surface area contributed by atoms with Gasteiger partial charge in [0.2, 0.25) is 11.9 Å². The van der Waals surface area contributed by atoms with Crippen molar-refractivity contribution in [2.24, 2.45) is 5.92 Å². The summed E-state index contributed by atoms with van der Waals surface area (Å²) in [6.07, 6.45) is 4.09. The predicted molar refractivity (Wildman–Crippen MR) is 116 cm³/mol. The van der Waals surface area contributed by atoms with Crippen LogP contribution in [0.15, 0.2) is 29.1 Å². The lowest BCUT2D eigenvalue weighted by atomic mass is 9.79. The van der Waals surface area contributed by atoms with E-state index in [4.69, 9.17) is 0 Å². The molecule has 1 aromatic carbocycles. The highest BCUT2D eigenvalue weighted by Crippen LogP contribution is 2.38. The minimum atomic E-state index is -0.980. The van der Waals surface area contributed by atoms with Crippen molar-refractivity contribution in [3.05, 3.63) is 51.3 Å². The van der Waals surface area contributed by atoms with Crippen LogP contribution in [0.25, 0.3) is 0 Å². The summed E-state index contributed by atoms with van der Waals surface area (Å²) < 4.78 is 0. The molecule has 0 spiro atoms. The van der Waals surface area contributed by atoms with E-state index in [-0.39, 0.29) is 23.5 Å². The Kier molecular flexibility index (Phi) is 5.33. The van der Waals surface area contributed by atoms with E-state index >= 15 is 0 Å². The minimum Gasteiger partial charge on any atom is -0.337 e. The fraction of sp³-hybridized carbons (Fsp3) is 0.478. The van der Waals surface area contributed by atoms with Gasteiger partial charge >= 0.3 is 0 Å². The fourth-order valence-electron chi connectivity index (χ4n) is 4.78. The number of fused-ring (bicyclic) bond motifs is 1. The number of carbonyl (C=O) groups excluding carboxylic acids is 1. The molecule has 7 nitrogen and oxygen atoms in total. The Balaban J connectivity index is 1.84. The summed E-state index contributed by atoms with van der Waals surface area (Å²) in [7, 11) is 0. The van der Waals surface area contributed by atoms with E-state index in [9.17, 15) is 14.9 Å². The fourth-order valence-corrected chi connectivity index (χ4v) is 4.78. The summed E-state index contributed by atoms with van der Waals surface area (Å²) in [5.74, 6) is -1.30. The van der Waals surface area contributed by atoms with Crippen molar-refractivity contribution in [3.8, 4) is 6.07 Å². The van der Waals surface area contributed by atoms with Crippen LogP contribution in [0, 0.1) is 17.2 Å². The standard InChI is InChI=1S/C23H27N5O2/c1-4-15-8-10-16(11-9-15)18-17(12-24)21(29)25-20-19(18)22(30)27-23(26-20)28-13(2)6-5-7-14(28)3/h8-11,13-14,17-18H,4-7H2,1-3H3,(H2,25,26,27,29,30). The molecule has 1 fully saturated rings. The van der Waals surface area contributed by atoms with E-state index < -0.39 is 17.7 Å². The number of hydrogen-bond donors (Lipinski definition) is 2. The first-order valence-corrected chi connectivity index (χ1v) is 10.7. The number of hydrogen-bond acceptors (Lipinski definition) is 5. The van der Waals surface area contributed by atoms with Crippen LogP contribution in [0.1, 0.15) is 62.6 Å². The largest absolute Gasteiger partial charge is 0.337 e. The number of aromatic nitrogens is 2. The van der Waals surface area contributed by atoms with E-state index in [0.717, 1.165) is 36.8 Å². The molecular formula is C23H27N5O2. The van der Waals surface area contributed by atoms with Gasteiger partial charge in [0, 0.05) is 18.0 Å². The molecule has 4 rings (SSSR count). The zero-order valence-electron chi connectivity index (χ0n) is 17.6. The van der Waals surface area contributed by atoms with Crippen LogP contribution in [-0.2, 0) is 11.2 Å². The van der Waals surface area contributed by atoms with Crippen LogP contribution < -0.4 is 15.8 Å². The van der Waals surface area contributed by atoms with Crippen molar-refractivity contribution in [1.82, 2.24) is 9.97 Å².